The molecule has 1 N–H and O–H groups in total. The van der Waals surface area contributed by atoms with E-state index in [1.165, 1.54) is 30.4 Å². The highest BCUT2D eigenvalue weighted by molar-refractivity contribution is 5.32. The molecule has 0 aromatic carbocycles. The van der Waals surface area contributed by atoms with Gasteiger partial charge in [-0.2, -0.15) is 0 Å². The van der Waals surface area contributed by atoms with Crippen molar-refractivity contribution in [1.82, 2.24) is 0 Å². The first-order chi connectivity index (χ1) is 6.43. The van der Waals surface area contributed by atoms with E-state index in [-0.39, 0.29) is 11.5 Å². The summed E-state index contributed by atoms with van der Waals surface area (Å²) in [6.07, 6.45) is 7.41. The molecule has 0 saturated heterocycles. The molecule has 0 bridgehead atoms. The summed E-state index contributed by atoms with van der Waals surface area (Å²) >= 11 is 0. The summed E-state index contributed by atoms with van der Waals surface area (Å²) in [5, 5.41) is 9.23. The Hall–Kier alpha value is -0.560. The van der Waals surface area contributed by atoms with E-state index in [4.69, 9.17) is 0 Å². The third-order valence-corrected chi connectivity index (χ3v) is 3.08. The summed E-state index contributed by atoms with van der Waals surface area (Å²) in [4.78, 5) is 0. The summed E-state index contributed by atoms with van der Waals surface area (Å²) in [5.74, 6) is 0. The molecular weight excluding hydrogens is 172 g/mol. The van der Waals surface area contributed by atoms with Gasteiger partial charge < -0.3 is 5.11 Å². The van der Waals surface area contributed by atoms with Crippen LogP contribution in [0.5, 0.6) is 0 Å². The third-order valence-electron chi connectivity index (χ3n) is 3.08. The van der Waals surface area contributed by atoms with Crippen molar-refractivity contribution in [3.05, 3.63) is 23.3 Å². The molecule has 0 aliphatic heterocycles. The highest BCUT2D eigenvalue weighted by Gasteiger charge is 2.26. The van der Waals surface area contributed by atoms with Gasteiger partial charge in [-0.25, -0.2) is 0 Å². The van der Waals surface area contributed by atoms with E-state index >= 15 is 0 Å². The zero-order valence-corrected chi connectivity index (χ0v) is 9.80. The van der Waals surface area contributed by atoms with Crippen molar-refractivity contribution < 1.29 is 5.11 Å². The second-order valence-corrected chi connectivity index (χ2v) is 5.03. The van der Waals surface area contributed by atoms with Gasteiger partial charge in [0.25, 0.3) is 0 Å². The molecule has 0 aromatic rings. The molecule has 1 heteroatoms. The monoisotopic (exact) mass is 194 g/mol. The maximum absolute atomic E-state index is 9.23. The van der Waals surface area contributed by atoms with Crippen LogP contribution >= 0.6 is 0 Å². The average Bonchev–Trinajstić information content (AvgIpc) is 2.01. The largest absolute Gasteiger partial charge is 0.389 e. The predicted octanol–water partition coefficient (Wildman–Crippen LogP) is 3.45. The molecule has 80 valence electrons. The first-order valence-corrected chi connectivity index (χ1v) is 5.50. The summed E-state index contributed by atoms with van der Waals surface area (Å²) < 4.78 is 0. The second kappa shape index (κ2) is 4.31. The fraction of sp³-hybridized carbons (Fsp3) is 0.692. The number of aliphatic hydroxyl groups is 1. The smallest absolute Gasteiger partial charge is 0.0695 e. The van der Waals surface area contributed by atoms with Crippen LogP contribution in [0.3, 0.4) is 0 Å². The molecular formula is C13H22O. The maximum Gasteiger partial charge on any atom is 0.0695 e. The minimum atomic E-state index is -0.340. The Bertz CT molecular complexity index is 256. The maximum atomic E-state index is 9.23. The Morgan fingerprint density at radius 2 is 2.07 bits per heavy atom. The molecule has 1 atom stereocenters. The van der Waals surface area contributed by atoms with E-state index in [1.54, 1.807) is 6.92 Å². The number of hydrogen-bond acceptors (Lipinski definition) is 1. The Balaban J connectivity index is 2.91. The zero-order valence-electron chi connectivity index (χ0n) is 9.80. The standard InChI is InChI=1S/C13H22O/c1-10-6-5-9-13(3,4)12(10)8-7-11(2)14/h7-8,11,14H,5-6,9H2,1-4H3/t11-/m1/s1. The van der Waals surface area contributed by atoms with Gasteiger partial charge in [0.1, 0.15) is 0 Å². The summed E-state index contributed by atoms with van der Waals surface area (Å²) in [6, 6.07) is 0. The van der Waals surface area contributed by atoms with Crippen LogP contribution in [0.2, 0.25) is 0 Å². The van der Waals surface area contributed by atoms with Crippen molar-refractivity contribution in [3.8, 4) is 0 Å². The van der Waals surface area contributed by atoms with Crippen molar-refractivity contribution in [2.24, 2.45) is 5.41 Å². The molecule has 0 unspecified atom stereocenters. The molecule has 0 fully saturated rings. The third kappa shape index (κ3) is 2.71. The average molecular weight is 194 g/mol. The van der Waals surface area contributed by atoms with Gasteiger partial charge >= 0.3 is 0 Å². The SMILES string of the molecule is CC1=C(C=C[C@@H](C)O)C(C)(C)CCC1. The van der Waals surface area contributed by atoms with Crippen molar-refractivity contribution in [2.75, 3.05) is 0 Å². The van der Waals surface area contributed by atoms with Crippen LogP contribution in [0.15, 0.2) is 23.3 Å². The van der Waals surface area contributed by atoms with E-state index in [0.717, 1.165) is 0 Å². The fourth-order valence-corrected chi connectivity index (χ4v) is 2.25. The van der Waals surface area contributed by atoms with Crippen LogP contribution in [0, 0.1) is 5.41 Å². The van der Waals surface area contributed by atoms with Gasteiger partial charge in [0.05, 0.1) is 6.10 Å². The minimum Gasteiger partial charge on any atom is -0.389 e. The lowest BCUT2D eigenvalue weighted by molar-refractivity contribution is 0.243. The molecule has 0 spiro atoms. The minimum absolute atomic E-state index is 0.285. The van der Waals surface area contributed by atoms with Crippen LogP contribution in [0.25, 0.3) is 0 Å². The van der Waals surface area contributed by atoms with Gasteiger partial charge in [0.15, 0.2) is 0 Å². The normalized spacial score (nSPS) is 24.4. The molecule has 1 aliphatic carbocycles. The Kier molecular flexibility index (Phi) is 3.54. The van der Waals surface area contributed by atoms with E-state index in [2.05, 4.69) is 26.8 Å². The molecule has 14 heavy (non-hydrogen) atoms. The van der Waals surface area contributed by atoms with Crippen molar-refractivity contribution >= 4 is 0 Å². The number of hydrogen-bond donors (Lipinski definition) is 1. The topological polar surface area (TPSA) is 20.2 Å². The lowest BCUT2D eigenvalue weighted by Gasteiger charge is -2.33. The van der Waals surface area contributed by atoms with E-state index < -0.39 is 0 Å². The van der Waals surface area contributed by atoms with Crippen molar-refractivity contribution in [3.63, 3.8) is 0 Å². The molecule has 0 radical (unpaired) electrons. The van der Waals surface area contributed by atoms with Gasteiger partial charge in [0, 0.05) is 0 Å². The molecule has 0 saturated carbocycles. The lowest BCUT2D eigenvalue weighted by Crippen LogP contribution is -2.19. The second-order valence-electron chi connectivity index (χ2n) is 5.03. The molecule has 0 aromatic heterocycles. The van der Waals surface area contributed by atoms with Crippen LogP contribution in [0.1, 0.15) is 47.0 Å². The van der Waals surface area contributed by atoms with E-state index in [1.807, 2.05) is 6.08 Å². The quantitative estimate of drug-likeness (QED) is 0.714. The fourth-order valence-electron chi connectivity index (χ4n) is 2.25. The van der Waals surface area contributed by atoms with Gasteiger partial charge in [0.2, 0.25) is 0 Å². The Morgan fingerprint density at radius 1 is 1.43 bits per heavy atom. The van der Waals surface area contributed by atoms with Gasteiger partial charge in [-0.3, -0.25) is 0 Å². The highest BCUT2D eigenvalue weighted by Crippen LogP contribution is 2.40. The van der Waals surface area contributed by atoms with Crippen LogP contribution < -0.4 is 0 Å². The first-order valence-electron chi connectivity index (χ1n) is 5.50. The van der Waals surface area contributed by atoms with Gasteiger partial charge in [-0.1, -0.05) is 31.6 Å². The molecule has 1 rings (SSSR count). The molecule has 0 amide bonds. The summed E-state index contributed by atoms with van der Waals surface area (Å²) in [7, 11) is 0. The van der Waals surface area contributed by atoms with Crippen LogP contribution in [-0.4, -0.2) is 11.2 Å². The number of aliphatic hydroxyl groups excluding tert-OH is 1. The highest BCUT2D eigenvalue weighted by atomic mass is 16.3. The molecule has 1 aliphatic rings. The molecule has 1 nitrogen and oxygen atoms in total. The summed E-state index contributed by atoms with van der Waals surface area (Å²) in [5.41, 5.74) is 3.19. The van der Waals surface area contributed by atoms with E-state index in [9.17, 15) is 5.11 Å². The Labute approximate surface area is 87.5 Å². The summed E-state index contributed by atoms with van der Waals surface area (Å²) in [6.45, 7) is 8.58. The Morgan fingerprint density at radius 3 is 2.57 bits per heavy atom. The van der Waals surface area contributed by atoms with E-state index in [0.29, 0.717) is 0 Å². The van der Waals surface area contributed by atoms with Gasteiger partial charge in [-0.15, -0.1) is 0 Å². The lowest BCUT2D eigenvalue weighted by atomic mass is 9.72. The van der Waals surface area contributed by atoms with Crippen molar-refractivity contribution in [2.45, 2.75) is 53.1 Å². The van der Waals surface area contributed by atoms with Gasteiger partial charge in [-0.05, 0) is 44.1 Å². The molecule has 0 heterocycles. The van der Waals surface area contributed by atoms with Crippen LogP contribution in [0.4, 0.5) is 0 Å². The van der Waals surface area contributed by atoms with Crippen LogP contribution in [-0.2, 0) is 0 Å². The zero-order chi connectivity index (χ0) is 10.8. The number of rotatable bonds is 2. The predicted molar refractivity (Wildman–Crippen MR) is 61.2 cm³/mol. The first kappa shape index (κ1) is 11.5. The number of allylic oxidation sites excluding steroid dienone is 3. The van der Waals surface area contributed by atoms with Crippen molar-refractivity contribution in [1.29, 1.82) is 0 Å².